The van der Waals surface area contributed by atoms with Crippen LogP contribution in [0.2, 0.25) is 0 Å². The van der Waals surface area contributed by atoms with Crippen LogP contribution in [-0.2, 0) is 0 Å². The van der Waals surface area contributed by atoms with Crippen LogP contribution in [-0.4, -0.2) is 50.6 Å². The van der Waals surface area contributed by atoms with E-state index in [2.05, 4.69) is 34.4 Å². The fourth-order valence-electron chi connectivity index (χ4n) is 2.39. The van der Waals surface area contributed by atoms with Gasteiger partial charge in [-0.15, -0.1) is 24.0 Å². The lowest BCUT2D eigenvalue weighted by atomic mass is 10.2. The highest BCUT2D eigenvalue weighted by Gasteiger charge is 2.08. The van der Waals surface area contributed by atoms with E-state index in [0.29, 0.717) is 5.92 Å². The van der Waals surface area contributed by atoms with E-state index >= 15 is 0 Å². The van der Waals surface area contributed by atoms with Gasteiger partial charge >= 0.3 is 0 Å². The lowest BCUT2D eigenvalue weighted by Gasteiger charge is -2.20. The van der Waals surface area contributed by atoms with Crippen molar-refractivity contribution in [2.45, 2.75) is 46.0 Å². The molecule has 1 saturated heterocycles. The summed E-state index contributed by atoms with van der Waals surface area (Å²) in [5.74, 6) is 1.58. The lowest BCUT2D eigenvalue weighted by molar-refractivity contribution is 0.282. The average molecular weight is 396 g/mol. The fraction of sp³-hybridized carbons (Fsp3) is 0.933. The first-order valence-electron chi connectivity index (χ1n) is 7.89. The first kappa shape index (κ1) is 20.0. The van der Waals surface area contributed by atoms with Gasteiger partial charge in [0, 0.05) is 20.1 Å². The summed E-state index contributed by atoms with van der Waals surface area (Å²) in [4.78, 5) is 6.85. The van der Waals surface area contributed by atoms with Gasteiger partial charge in [0.05, 0.1) is 0 Å². The van der Waals surface area contributed by atoms with Crippen LogP contribution in [0.5, 0.6) is 0 Å². The van der Waals surface area contributed by atoms with Gasteiger partial charge in [-0.2, -0.15) is 0 Å². The predicted molar refractivity (Wildman–Crippen MR) is 99.1 cm³/mol. The van der Waals surface area contributed by atoms with Crippen LogP contribution in [0.15, 0.2) is 4.99 Å². The molecular weight excluding hydrogens is 363 g/mol. The molecule has 0 atom stereocenters. The van der Waals surface area contributed by atoms with Gasteiger partial charge in [0.2, 0.25) is 0 Å². The largest absolute Gasteiger partial charge is 0.356 e. The molecule has 0 aliphatic carbocycles. The van der Waals surface area contributed by atoms with Crippen molar-refractivity contribution in [2.75, 3.05) is 39.8 Å². The quantitative estimate of drug-likeness (QED) is 0.314. The summed E-state index contributed by atoms with van der Waals surface area (Å²) < 4.78 is 0. The SMILES string of the molecule is CN=C(NCCCN1CCCCCC1)NCC(C)C.I. The summed E-state index contributed by atoms with van der Waals surface area (Å²) in [7, 11) is 1.84. The summed E-state index contributed by atoms with van der Waals surface area (Å²) >= 11 is 0. The van der Waals surface area contributed by atoms with Gasteiger partial charge in [0.25, 0.3) is 0 Å². The van der Waals surface area contributed by atoms with E-state index in [1.54, 1.807) is 0 Å². The van der Waals surface area contributed by atoms with Crippen molar-refractivity contribution < 1.29 is 0 Å². The van der Waals surface area contributed by atoms with Crippen molar-refractivity contribution >= 4 is 29.9 Å². The van der Waals surface area contributed by atoms with Crippen LogP contribution < -0.4 is 10.6 Å². The molecule has 0 radical (unpaired) electrons. The topological polar surface area (TPSA) is 39.7 Å². The van der Waals surface area contributed by atoms with E-state index in [1.807, 2.05) is 7.05 Å². The third kappa shape index (κ3) is 9.80. The van der Waals surface area contributed by atoms with Crippen LogP contribution in [0.3, 0.4) is 0 Å². The van der Waals surface area contributed by atoms with E-state index < -0.39 is 0 Å². The maximum Gasteiger partial charge on any atom is 0.190 e. The first-order valence-corrected chi connectivity index (χ1v) is 7.89. The Bertz CT molecular complexity index is 248. The van der Waals surface area contributed by atoms with Gasteiger partial charge in [-0.25, -0.2) is 0 Å². The molecule has 2 N–H and O–H groups in total. The van der Waals surface area contributed by atoms with E-state index in [4.69, 9.17) is 0 Å². The van der Waals surface area contributed by atoms with Crippen molar-refractivity contribution in [3.63, 3.8) is 0 Å². The summed E-state index contributed by atoms with van der Waals surface area (Å²) in [5, 5.41) is 6.73. The Kier molecular flexibility index (Phi) is 12.7. The monoisotopic (exact) mass is 396 g/mol. The molecule has 0 spiro atoms. The second-order valence-corrected chi connectivity index (χ2v) is 5.88. The van der Waals surface area contributed by atoms with E-state index in [9.17, 15) is 0 Å². The van der Waals surface area contributed by atoms with E-state index in [1.165, 1.54) is 51.7 Å². The number of rotatable bonds is 6. The highest BCUT2D eigenvalue weighted by Crippen LogP contribution is 2.09. The number of guanidine groups is 1. The minimum Gasteiger partial charge on any atom is -0.356 e. The van der Waals surface area contributed by atoms with E-state index in [0.717, 1.165) is 19.0 Å². The standard InChI is InChI=1S/C15H32N4.HI/c1-14(2)13-18-15(16-3)17-9-8-12-19-10-6-4-5-7-11-19;/h14H,4-13H2,1-3H3,(H2,16,17,18);1H. The van der Waals surface area contributed by atoms with Crippen molar-refractivity contribution in [3.05, 3.63) is 0 Å². The molecule has 0 amide bonds. The Morgan fingerprint density at radius 1 is 1.10 bits per heavy atom. The maximum absolute atomic E-state index is 4.24. The molecule has 4 nitrogen and oxygen atoms in total. The number of likely N-dealkylation sites (tertiary alicyclic amines) is 1. The molecule has 0 aromatic carbocycles. The van der Waals surface area contributed by atoms with Crippen molar-refractivity contribution in [1.82, 2.24) is 15.5 Å². The van der Waals surface area contributed by atoms with Crippen LogP contribution in [0.4, 0.5) is 0 Å². The van der Waals surface area contributed by atoms with Gasteiger partial charge in [0.1, 0.15) is 0 Å². The number of hydrogen-bond donors (Lipinski definition) is 2. The Morgan fingerprint density at radius 3 is 2.30 bits per heavy atom. The zero-order valence-corrected chi connectivity index (χ0v) is 15.8. The third-order valence-corrected chi connectivity index (χ3v) is 3.54. The summed E-state index contributed by atoms with van der Waals surface area (Å²) in [6.07, 6.45) is 6.79. The predicted octanol–water partition coefficient (Wildman–Crippen LogP) is 2.69. The van der Waals surface area contributed by atoms with Gasteiger partial charge in [-0.1, -0.05) is 26.7 Å². The van der Waals surface area contributed by atoms with Crippen LogP contribution >= 0.6 is 24.0 Å². The fourth-order valence-corrected chi connectivity index (χ4v) is 2.39. The van der Waals surface area contributed by atoms with Crippen molar-refractivity contribution in [1.29, 1.82) is 0 Å². The number of aliphatic imine (C=N–C) groups is 1. The van der Waals surface area contributed by atoms with Crippen molar-refractivity contribution in [2.24, 2.45) is 10.9 Å². The molecule has 1 fully saturated rings. The Labute approximate surface area is 142 Å². The molecule has 1 aliphatic rings. The normalized spacial score (nSPS) is 17.5. The molecule has 0 aromatic rings. The summed E-state index contributed by atoms with van der Waals surface area (Å²) in [6, 6.07) is 0. The Balaban J connectivity index is 0.00000361. The highest BCUT2D eigenvalue weighted by molar-refractivity contribution is 14.0. The van der Waals surface area contributed by atoms with Gasteiger partial charge in [-0.05, 0) is 44.8 Å². The van der Waals surface area contributed by atoms with Gasteiger partial charge in [-0.3, -0.25) is 4.99 Å². The van der Waals surface area contributed by atoms with Crippen LogP contribution in [0, 0.1) is 5.92 Å². The number of halogens is 1. The molecule has 1 heterocycles. The molecular formula is C15H33IN4. The maximum atomic E-state index is 4.24. The molecule has 20 heavy (non-hydrogen) atoms. The zero-order chi connectivity index (χ0) is 13.9. The van der Waals surface area contributed by atoms with Crippen molar-refractivity contribution in [3.8, 4) is 0 Å². The molecule has 1 aliphatic heterocycles. The smallest absolute Gasteiger partial charge is 0.190 e. The number of nitrogens with zero attached hydrogens (tertiary/aromatic N) is 2. The van der Waals surface area contributed by atoms with Gasteiger partial charge in [0.15, 0.2) is 5.96 Å². The Morgan fingerprint density at radius 2 is 1.75 bits per heavy atom. The first-order chi connectivity index (χ1) is 9.22. The Hall–Kier alpha value is -0.0400. The molecule has 0 bridgehead atoms. The summed E-state index contributed by atoms with van der Waals surface area (Å²) in [5.41, 5.74) is 0. The molecule has 120 valence electrons. The molecule has 1 rings (SSSR count). The van der Waals surface area contributed by atoms with Crippen LogP contribution in [0.25, 0.3) is 0 Å². The molecule has 0 unspecified atom stereocenters. The van der Waals surface area contributed by atoms with Gasteiger partial charge < -0.3 is 15.5 Å². The second kappa shape index (κ2) is 12.7. The molecule has 0 aromatic heterocycles. The average Bonchev–Trinajstić information content (AvgIpc) is 2.66. The molecule has 0 saturated carbocycles. The third-order valence-electron chi connectivity index (χ3n) is 3.54. The van der Waals surface area contributed by atoms with Crippen LogP contribution in [0.1, 0.15) is 46.0 Å². The minimum absolute atomic E-state index is 0. The minimum atomic E-state index is 0. The highest BCUT2D eigenvalue weighted by atomic mass is 127. The van der Waals surface area contributed by atoms with E-state index in [-0.39, 0.29) is 24.0 Å². The number of hydrogen-bond acceptors (Lipinski definition) is 2. The summed E-state index contributed by atoms with van der Waals surface area (Å²) in [6.45, 7) is 10.2. The zero-order valence-electron chi connectivity index (χ0n) is 13.5. The lowest BCUT2D eigenvalue weighted by Crippen LogP contribution is -2.40. The number of nitrogens with one attached hydrogen (secondary N) is 2. The second-order valence-electron chi connectivity index (χ2n) is 5.88. The molecule has 5 heteroatoms.